The standard InChI is InChI=1S/C28H30N4O2/c29-24-12-11-23(20-5-2-1-3-6-20)17-25(24)31-26(33)21-7-9-22(10-8-21)27(34)32-16-14-28(19-32)13-4-15-30-18-28/h1-3,5-12,17,30H,4,13-16,18-19,29H2,(H,31,33). The summed E-state index contributed by atoms with van der Waals surface area (Å²) in [6.45, 7) is 3.66. The highest BCUT2D eigenvalue weighted by Gasteiger charge is 2.40. The Balaban J connectivity index is 1.26. The maximum absolute atomic E-state index is 13.1. The monoisotopic (exact) mass is 454 g/mol. The van der Waals surface area contributed by atoms with E-state index in [1.54, 1.807) is 30.3 Å². The summed E-state index contributed by atoms with van der Waals surface area (Å²) in [4.78, 5) is 27.9. The third kappa shape index (κ3) is 4.54. The van der Waals surface area contributed by atoms with E-state index < -0.39 is 0 Å². The lowest BCUT2D eigenvalue weighted by atomic mass is 9.80. The summed E-state index contributed by atoms with van der Waals surface area (Å²) < 4.78 is 0. The first-order valence-corrected chi connectivity index (χ1v) is 11.9. The predicted molar refractivity (Wildman–Crippen MR) is 136 cm³/mol. The summed E-state index contributed by atoms with van der Waals surface area (Å²) in [5.74, 6) is -0.224. The molecule has 2 fully saturated rings. The molecule has 6 nitrogen and oxygen atoms in total. The zero-order valence-electron chi connectivity index (χ0n) is 19.2. The molecule has 1 atom stereocenters. The number of piperidine rings is 1. The Morgan fingerprint density at radius 3 is 2.41 bits per heavy atom. The van der Waals surface area contributed by atoms with Gasteiger partial charge in [-0.3, -0.25) is 9.59 Å². The molecule has 2 amide bonds. The minimum absolute atomic E-state index is 0.0363. The number of anilines is 2. The predicted octanol–water partition coefficient (Wildman–Crippen LogP) is 4.40. The zero-order valence-corrected chi connectivity index (χ0v) is 19.2. The number of hydrogen-bond donors (Lipinski definition) is 3. The van der Waals surface area contributed by atoms with Crippen LogP contribution in [0.3, 0.4) is 0 Å². The maximum atomic E-state index is 13.1. The van der Waals surface area contributed by atoms with Crippen molar-refractivity contribution < 1.29 is 9.59 Å². The molecule has 0 aromatic heterocycles. The number of carbonyl (C=O) groups excluding carboxylic acids is 2. The lowest BCUT2D eigenvalue weighted by Gasteiger charge is -2.33. The number of nitrogens with two attached hydrogens (primary N) is 1. The van der Waals surface area contributed by atoms with Gasteiger partial charge < -0.3 is 21.3 Å². The van der Waals surface area contributed by atoms with E-state index in [0.717, 1.165) is 43.7 Å². The van der Waals surface area contributed by atoms with Crippen LogP contribution < -0.4 is 16.4 Å². The summed E-state index contributed by atoms with van der Waals surface area (Å²) in [5, 5.41) is 6.39. The summed E-state index contributed by atoms with van der Waals surface area (Å²) in [7, 11) is 0. The highest BCUT2D eigenvalue weighted by molar-refractivity contribution is 6.06. The lowest BCUT2D eigenvalue weighted by Crippen LogP contribution is -2.42. The van der Waals surface area contributed by atoms with Gasteiger partial charge in [-0.05, 0) is 73.3 Å². The van der Waals surface area contributed by atoms with E-state index in [-0.39, 0.29) is 17.2 Å². The van der Waals surface area contributed by atoms with Crippen LogP contribution in [0.1, 0.15) is 40.0 Å². The fourth-order valence-corrected chi connectivity index (χ4v) is 5.10. The second-order valence-corrected chi connectivity index (χ2v) is 9.46. The van der Waals surface area contributed by atoms with Crippen LogP contribution in [0.15, 0.2) is 72.8 Å². The number of nitrogens with one attached hydrogen (secondary N) is 2. The molecule has 4 N–H and O–H groups in total. The Labute approximate surface area is 200 Å². The molecule has 2 saturated heterocycles. The van der Waals surface area contributed by atoms with Gasteiger partial charge in [0.15, 0.2) is 0 Å². The second kappa shape index (κ2) is 9.31. The van der Waals surface area contributed by atoms with Gasteiger partial charge in [-0.15, -0.1) is 0 Å². The maximum Gasteiger partial charge on any atom is 0.255 e. The number of carbonyl (C=O) groups is 2. The Kier molecular flexibility index (Phi) is 6.07. The van der Waals surface area contributed by atoms with Crippen molar-refractivity contribution in [1.29, 1.82) is 0 Å². The molecule has 2 aliphatic rings. The molecule has 0 saturated carbocycles. The number of amides is 2. The molecule has 34 heavy (non-hydrogen) atoms. The number of benzene rings is 3. The van der Waals surface area contributed by atoms with Gasteiger partial charge in [-0.25, -0.2) is 0 Å². The molecular weight excluding hydrogens is 424 g/mol. The summed E-state index contributed by atoms with van der Waals surface area (Å²) in [6.07, 6.45) is 3.40. The quantitative estimate of drug-likeness (QED) is 0.510. The molecule has 2 heterocycles. The molecule has 5 rings (SSSR count). The molecule has 3 aromatic rings. The van der Waals surface area contributed by atoms with Gasteiger partial charge in [0.25, 0.3) is 11.8 Å². The number of nitrogens with zero attached hydrogens (tertiary/aromatic N) is 1. The van der Waals surface area contributed by atoms with Crippen LogP contribution in [0.25, 0.3) is 11.1 Å². The summed E-state index contributed by atoms with van der Waals surface area (Å²) in [5.41, 5.74) is 10.5. The van der Waals surface area contributed by atoms with E-state index in [4.69, 9.17) is 5.73 Å². The smallest absolute Gasteiger partial charge is 0.255 e. The summed E-state index contributed by atoms with van der Waals surface area (Å²) in [6, 6.07) is 22.4. The third-order valence-corrected chi connectivity index (χ3v) is 7.09. The Hall–Kier alpha value is -3.64. The third-order valence-electron chi connectivity index (χ3n) is 7.09. The first-order valence-electron chi connectivity index (χ1n) is 11.9. The van der Waals surface area contributed by atoms with Crippen LogP contribution >= 0.6 is 0 Å². The van der Waals surface area contributed by atoms with Gasteiger partial charge in [-0.2, -0.15) is 0 Å². The molecule has 1 unspecified atom stereocenters. The van der Waals surface area contributed by atoms with Crippen molar-refractivity contribution in [2.75, 3.05) is 37.2 Å². The van der Waals surface area contributed by atoms with Gasteiger partial charge in [-0.1, -0.05) is 36.4 Å². The Morgan fingerprint density at radius 2 is 1.68 bits per heavy atom. The average Bonchev–Trinajstić information content (AvgIpc) is 3.29. The number of nitrogen functional groups attached to an aromatic ring is 1. The van der Waals surface area contributed by atoms with E-state index >= 15 is 0 Å². The van der Waals surface area contributed by atoms with Crippen molar-refractivity contribution in [2.45, 2.75) is 19.3 Å². The molecule has 3 aromatic carbocycles. The normalized spacial score (nSPS) is 19.8. The van der Waals surface area contributed by atoms with Gasteiger partial charge >= 0.3 is 0 Å². The second-order valence-electron chi connectivity index (χ2n) is 9.46. The Morgan fingerprint density at radius 1 is 0.912 bits per heavy atom. The van der Waals surface area contributed by atoms with Crippen molar-refractivity contribution in [3.05, 3.63) is 83.9 Å². The van der Waals surface area contributed by atoms with Crippen LogP contribution in [0.5, 0.6) is 0 Å². The molecular formula is C28H30N4O2. The highest BCUT2D eigenvalue weighted by Crippen LogP contribution is 2.37. The van der Waals surface area contributed by atoms with Crippen molar-refractivity contribution in [1.82, 2.24) is 10.2 Å². The van der Waals surface area contributed by atoms with E-state index in [9.17, 15) is 9.59 Å². The van der Waals surface area contributed by atoms with Crippen LogP contribution in [0.4, 0.5) is 11.4 Å². The van der Waals surface area contributed by atoms with Crippen LogP contribution in [0.2, 0.25) is 0 Å². The van der Waals surface area contributed by atoms with E-state index in [2.05, 4.69) is 10.6 Å². The topological polar surface area (TPSA) is 87.5 Å². The number of likely N-dealkylation sites (tertiary alicyclic amines) is 1. The van der Waals surface area contributed by atoms with Crippen molar-refractivity contribution >= 4 is 23.2 Å². The SMILES string of the molecule is Nc1ccc(-c2ccccc2)cc1NC(=O)c1ccc(C(=O)N2CCC3(CCCNC3)C2)cc1. The largest absolute Gasteiger partial charge is 0.397 e. The molecule has 1 spiro atoms. The molecule has 0 aliphatic carbocycles. The molecule has 0 radical (unpaired) electrons. The summed E-state index contributed by atoms with van der Waals surface area (Å²) >= 11 is 0. The number of rotatable bonds is 4. The van der Waals surface area contributed by atoms with Crippen molar-refractivity contribution in [3.8, 4) is 11.1 Å². The van der Waals surface area contributed by atoms with E-state index in [1.165, 1.54) is 12.8 Å². The van der Waals surface area contributed by atoms with Crippen LogP contribution in [-0.4, -0.2) is 42.9 Å². The molecule has 0 bridgehead atoms. The fraction of sp³-hybridized carbons (Fsp3) is 0.286. The fourth-order valence-electron chi connectivity index (χ4n) is 5.10. The number of hydrogen-bond acceptors (Lipinski definition) is 4. The minimum atomic E-state index is -0.260. The molecule has 174 valence electrons. The van der Waals surface area contributed by atoms with Gasteiger partial charge in [0.2, 0.25) is 0 Å². The Bertz CT molecular complexity index is 1180. The lowest BCUT2D eigenvalue weighted by molar-refractivity contribution is 0.0763. The van der Waals surface area contributed by atoms with Crippen molar-refractivity contribution in [3.63, 3.8) is 0 Å². The molecule has 2 aliphatic heterocycles. The highest BCUT2D eigenvalue weighted by atomic mass is 16.2. The van der Waals surface area contributed by atoms with Crippen molar-refractivity contribution in [2.24, 2.45) is 5.41 Å². The van der Waals surface area contributed by atoms with E-state index in [1.807, 2.05) is 47.4 Å². The minimum Gasteiger partial charge on any atom is -0.397 e. The molecule has 6 heteroatoms. The van der Waals surface area contributed by atoms with E-state index in [0.29, 0.717) is 22.5 Å². The van der Waals surface area contributed by atoms with Gasteiger partial charge in [0.05, 0.1) is 11.4 Å². The van der Waals surface area contributed by atoms with Crippen LogP contribution in [0, 0.1) is 5.41 Å². The average molecular weight is 455 g/mol. The van der Waals surface area contributed by atoms with Gasteiger partial charge in [0.1, 0.15) is 0 Å². The first-order chi connectivity index (χ1) is 16.5. The van der Waals surface area contributed by atoms with Gasteiger partial charge in [0, 0.05) is 36.2 Å². The van der Waals surface area contributed by atoms with Crippen LogP contribution in [-0.2, 0) is 0 Å². The zero-order chi connectivity index (χ0) is 23.5. The first kappa shape index (κ1) is 22.2.